The van der Waals surface area contributed by atoms with E-state index in [-0.39, 0.29) is 16.9 Å². The number of carbonyl (C=O) groups is 1. The van der Waals surface area contributed by atoms with Crippen molar-refractivity contribution in [2.45, 2.75) is 0 Å². The van der Waals surface area contributed by atoms with Crippen LogP contribution in [0.1, 0.15) is 15.9 Å². The van der Waals surface area contributed by atoms with Crippen molar-refractivity contribution in [3.8, 4) is 11.3 Å². The minimum Gasteiger partial charge on any atom is -0.288 e. The third-order valence-electron chi connectivity index (χ3n) is 3.26. The lowest BCUT2D eigenvalue weighted by molar-refractivity contribution is 0.104. The first-order chi connectivity index (χ1) is 9.27. The number of hydrogen-bond donors (Lipinski definition) is 0. The van der Waals surface area contributed by atoms with Crippen molar-refractivity contribution in [2.24, 2.45) is 0 Å². The van der Waals surface area contributed by atoms with Crippen molar-refractivity contribution in [1.29, 1.82) is 0 Å². The zero-order chi connectivity index (χ0) is 13.0. The fourth-order valence-corrected chi connectivity index (χ4v) is 2.40. The molecule has 0 radical (unpaired) electrons. The zero-order valence-electron chi connectivity index (χ0n) is 9.70. The maximum absolute atomic E-state index is 12.4. The van der Waals surface area contributed by atoms with E-state index < -0.39 is 0 Å². The van der Waals surface area contributed by atoms with Crippen LogP contribution in [0.4, 0.5) is 0 Å². The summed E-state index contributed by atoms with van der Waals surface area (Å²) in [6.07, 6.45) is 3.13. The van der Waals surface area contributed by atoms with Gasteiger partial charge in [-0.3, -0.25) is 14.0 Å². The molecule has 0 saturated carbocycles. The first kappa shape index (κ1) is 10.1. The zero-order valence-corrected chi connectivity index (χ0v) is 9.70. The third-order valence-corrected chi connectivity index (χ3v) is 3.26. The molecule has 0 unspecified atom stereocenters. The van der Waals surface area contributed by atoms with Gasteiger partial charge < -0.3 is 0 Å². The highest BCUT2D eigenvalue weighted by molar-refractivity contribution is 6.20. The molecule has 0 spiro atoms. The van der Waals surface area contributed by atoms with Crippen LogP contribution in [0.25, 0.3) is 17.0 Å². The average molecular weight is 249 g/mol. The van der Waals surface area contributed by atoms with Crippen LogP contribution in [-0.4, -0.2) is 20.2 Å². The average Bonchev–Trinajstić information content (AvgIpc) is 2.74. The Morgan fingerprint density at radius 3 is 2.63 bits per heavy atom. The summed E-state index contributed by atoms with van der Waals surface area (Å²) in [6.45, 7) is 0. The molecule has 3 aromatic rings. The normalized spacial score (nSPS) is 12.5. The highest BCUT2D eigenvalue weighted by Gasteiger charge is 2.31. The van der Waals surface area contributed by atoms with E-state index in [1.807, 2.05) is 6.07 Å². The Bertz CT molecular complexity index is 912. The summed E-state index contributed by atoms with van der Waals surface area (Å²) in [7, 11) is 0. The Balaban J connectivity index is 2.23. The molecule has 1 aliphatic carbocycles. The van der Waals surface area contributed by atoms with Crippen LogP contribution in [0.2, 0.25) is 0 Å². The largest absolute Gasteiger partial charge is 0.288 e. The second kappa shape index (κ2) is 3.35. The molecular weight excluding hydrogens is 242 g/mol. The lowest BCUT2D eigenvalue weighted by Gasteiger charge is -2.01. The van der Waals surface area contributed by atoms with Gasteiger partial charge in [0, 0.05) is 23.5 Å². The summed E-state index contributed by atoms with van der Waals surface area (Å²) in [6, 6.07) is 8.74. The second-order valence-corrected chi connectivity index (χ2v) is 4.30. The fourth-order valence-electron chi connectivity index (χ4n) is 2.40. The smallest absolute Gasteiger partial charge is 0.270 e. The van der Waals surface area contributed by atoms with Crippen molar-refractivity contribution in [1.82, 2.24) is 14.4 Å². The maximum atomic E-state index is 12.4. The summed E-state index contributed by atoms with van der Waals surface area (Å²) in [5.41, 5.74) is 1.43. The molecule has 1 aliphatic rings. The Morgan fingerprint density at radius 1 is 1.00 bits per heavy atom. The number of aromatic nitrogens is 3. The van der Waals surface area contributed by atoms with Gasteiger partial charge in [0.1, 0.15) is 5.56 Å². The van der Waals surface area contributed by atoms with E-state index in [1.54, 1.807) is 36.7 Å². The highest BCUT2D eigenvalue weighted by atomic mass is 16.1. The van der Waals surface area contributed by atoms with E-state index in [0.29, 0.717) is 22.6 Å². The first-order valence-electron chi connectivity index (χ1n) is 5.79. The van der Waals surface area contributed by atoms with E-state index in [1.165, 1.54) is 4.40 Å². The van der Waals surface area contributed by atoms with E-state index in [9.17, 15) is 9.59 Å². The maximum Gasteiger partial charge on any atom is 0.270 e. The van der Waals surface area contributed by atoms with Crippen LogP contribution in [0.15, 0.2) is 47.5 Å². The topological polar surface area (TPSA) is 64.3 Å². The summed E-state index contributed by atoms with van der Waals surface area (Å²) in [5.74, 6) is 0.0390. The highest BCUT2D eigenvalue weighted by Crippen LogP contribution is 2.32. The molecular formula is C14H7N3O2. The Morgan fingerprint density at radius 2 is 1.79 bits per heavy atom. The number of rotatable bonds is 0. The molecule has 5 heteroatoms. The molecule has 0 fully saturated rings. The molecule has 0 aliphatic heterocycles. The van der Waals surface area contributed by atoms with Gasteiger partial charge in [-0.05, 0) is 6.07 Å². The van der Waals surface area contributed by atoms with Gasteiger partial charge in [0.05, 0.1) is 5.69 Å². The lowest BCUT2D eigenvalue weighted by Crippen LogP contribution is -2.22. The SMILES string of the molecule is O=C1c2ccccc2-c2nc3ncccn3c(=O)c21. The van der Waals surface area contributed by atoms with Gasteiger partial charge in [-0.1, -0.05) is 24.3 Å². The number of carbonyl (C=O) groups excluding carboxylic acids is 1. The summed E-state index contributed by atoms with van der Waals surface area (Å²) >= 11 is 0. The monoisotopic (exact) mass is 249 g/mol. The molecule has 0 bridgehead atoms. The van der Waals surface area contributed by atoms with Gasteiger partial charge in [-0.25, -0.2) is 9.97 Å². The summed E-state index contributed by atoms with van der Waals surface area (Å²) in [5, 5.41) is 0. The number of benzene rings is 1. The predicted octanol–water partition coefficient (Wildman–Crippen LogP) is 1.30. The Labute approximate surface area is 107 Å². The van der Waals surface area contributed by atoms with Crippen LogP contribution >= 0.6 is 0 Å². The first-order valence-corrected chi connectivity index (χ1v) is 5.79. The third kappa shape index (κ3) is 1.18. The van der Waals surface area contributed by atoms with E-state index in [4.69, 9.17) is 0 Å². The van der Waals surface area contributed by atoms with Gasteiger partial charge in [0.15, 0.2) is 0 Å². The lowest BCUT2D eigenvalue weighted by atomic mass is 10.1. The van der Waals surface area contributed by atoms with E-state index in [0.717, 1.165) is 0 Å². The second-order valence-electron chi connectivity index (χ2n) is 4.30. The molecule has 0 amide bonds. The van der Waals surface area contributed by atoms with Crippen molar-refractivity contribution >= 4 is 11.6 Å². The van der Waals surface area contributed by atoms with Crippen LogP contribution < -0.4 is 5.56 Å². The fraction of sp³-hybridized carbons (Fsp3) is 0. The molecule has 0 saturated heterocycles. The van der Waals surface area contributed by atoms with Gasteiger partial charge in [0.25, 0.3) is 5.56 Å². The molecule has 0 atom stereocenters. The molecule has 90 valence electrons. The van der Waals surface area contributed by atoms with Crippen molar-refractivity contribution < 1.29 is 4.79 Å². The number of nitrogens with zero attached hydrogens (tertiary/aromatic N) is 3. The molecule has 4 rings (SSSR count). The Kier molecular flexibility index (Phi) is 1.79. The molecule has 0 N–H and O–H groups in total. The van der Waals surface area contributed by atoms with Crippen LogP contribution in [0.5, 0.6) is 0 Å². The predicted molar refractivity (Wildman–Crippen MR) is 68.1 cm³/mol. The number of hydrogen-bond acceptors (Lipinski definition) is 4. The molecule has 2 aromatic heterocycles. The van der Waals surface area contributed by atoms with Crippen LogP contribution in [0.3, 0.4) is 0 Å². The molecule has 19 heavy (non-hydrogen) atoms. The van der Waals surface area contributed by atoms with Gasteiger partial charge >= 0.3 is 0 Å². The van der Waals surface area contributed by atoms with Gasteiger partial charge in [-0.15, -0.1) is 0 Å². The minimum atomic E-state index is -0.366. The van der Waals surface area contributed by atoms with Gasteiger partial charge in [0.2, 0.25) is 11.6 Å². The van der Waals surface area contributed by atoms with Crippen LogP contribution in [-0.2, 0) is 0 Å². The number of ketones is 1. The molecule has 5 nitrogen and oxygen atoms in total. The van der Waals surface area contributed by atoms with Crippen LogP contribution in [0, 0.1) is 0 Å². The Hall–Kier alpha value is -2.82. The van der Waals surface area contributed by atoms with Crippen molar-refractivity contribution in [2.75, 3.05) is 0 Å². The van der Waals surface area contributed by atoms with Crippen molar-refractivity contribution in [3.05, 3.63) is 64.2 Å². The quantitative estimate of drug-likeness (QED) is 0.471. The summed E-state index contributed by atoms with van der Waals surface area (Å²) < 4.78 is 1.29. The van der Waals surface area contributed by atoms with E-state index in [2.05, 4.69) is 9.97 Å². The standard InChI is InChI=1S/C14H7N3O2/c18-12-9-5-2-1-4-8(9)11-10(12)13(19)17-7-3-6-15-14(17)16-11/h1-7H. The van der Waals surface area contributed by atoms with E-state index >= 15 is 0 Å². The number of fused-ring (bicyclic) bond motifs is 4. The molecule has 1 aromatic carbocycles. The van der Waals surface area contributed by atoms with Gasteiger partial charge in [-0.2, -0.15) is 0 Å². The minimum absolute atomic E-state index is 0.131. The summed E-state index contributed by atoms with van der Waals surface area (Å²) in [4.78, 5) is 33.0. The molecule has 2 heterocycles. The van der Waals surface area contributed by atoms with Crippen molar-refractivity contribution in [3.63, 3.8) is 0 Å².